The Morgan fingerprint density at radius 1 is 1.16 bits per heavy atom. The molecule has 1 aromatic heterocycles. The van der Waals surface area contributed by atoms with Gasteiger partial charge in [0.1, 0.15) is 11.5 Å². The Labute approximate surface area is 112 Å². The monoisotopic (exact) mass is 253 g/mol. The number of aromatic nitrogens is 1. The molecule has 0 amide bonds. The number of nitrogens with one attached hydrogen (secondary N) is 1. The summed E-state index contributed by atoms with van der Waals surface area (Å²) in [5.41, 5.74) is 3.41. The van der Waals surface area contributed by atoms with Gasteiger partial charge >= 0.3 is 0 Å². The molecule has 1 heterocycles. The van der Waals surface area contributed by atoms with Gasteiger partial charge in [0.25, 0.3) is 0 Å². The van der Waals surface area contributed by atoms with Gasteiger partial charge in [0, 0.05) is 13.1 Å². The summed E-state index contributed by atoms with van der Waals surface area (Å²) in [5.74, 6) is 1.44. The molecular formula is C15H15N3O. The van der Waals surface area contributed by atoms with Gasteiger partial charge in [-0.25, -0.2) is 0 Å². The molecule has 0 radical (unpaired) electrons. The minimum Gasteiger partial charge on any atom is -0.455 e. The van der Waals surface area contributed by atoms with Crippen LogP contribution in [0.15, 0.2) is 30.6 Å². The molecule has 4 heteroatoms. The van der Waals surface area contributed by atoms with E-state index in [4.69, 9.17) is 10.00 Å². The maximum Gasteiger partial charge on any atom is 0.147 e. The van der Waals surface area contributed by atoms with Gasteiger partial charge in [-0.3, -0.25) is 4.98 Å². The van der Waals surface area contributed by atoms with E-state index < -0.39 is 0 Å². The molecule has 0 atom stereocenters. The largest absolute Gasteiger partial charge is 0.455 e. The highest BCUT2D eigenvalue weighted by atomic mass is 16.5. The fourth-order valence-electron chi connectivity index (χ4n) is 1.91. The molecule has 19 heavy (non-hydrogen) atoms. The standard InChI is InChI=1S/C15H15N3O/c1-10-4-12(7-16)5-11(2)15(10)19-14-6-13(17-3)8-18-9-14/h4-6,8-9,17H,1-3H3. The summed E-state index contributed by atoms with van der Waals surface area (Å²) >= 11 is 0. The molecule has 0 unspecified atom stereocenters. The number of ether oxygens (including phenoxy) is 1. The van der Waals surface area contributed by atoms with Crippen LogP contribution in [0, 0.1) is 25.2 Å². The summed E-state index contributed by atoms with van der Waals surface area (Å²) in [6, 6.07) is 7.65. The van der Waals surface area contributed by atoms with Crippen LogP contribution in [0.5, 0.6) is 11.5 Å². The van der Waals surface area contributed by atoms with Crippen molar-refractivity contribution in [3.63, 3.8) is 0 Å². The second-order valence-corrected chi connectivity index (χ2v) is 4.31. The van der Waals surface area contributed by atoms with E-state index in [2.05, 4.69) is 16.4 Å². The van der Waals surface area contributed by atoms with E-state index in [-0.39, 0.29) is 0 Å². The van der Waals surface area contributed by atoms with Crippen LogP contribution in [-0.4, -0.2) is 12.0 Å². The van der Waals surface area contributed by atoms with Crippen LogP contribution in [0.3, 0.4) is 0 Å². The molecule has 0 aliphatic rings. The van der Waals surface area contributed by atoms with Crippen LogP contribution >= 0.6 is 0 Å². The minimum absolute atomic E-state index is 0.643. The minimum atomic E-state index is 0.643. The lowest BCUT2D eigenvalue weighted by atomic mass is 10.1. The van der Waals surface area contributed by atoms with E-state index in [0.717, 1.165) is 22.6 Å². The van der Waals surface area contributed by atoms with E-state index in [0.29, 0.717) is 11.3 Å². The van der Waals surface area contributed by atoms with Crippen molar-refractivity contribution in [1.82, 2.24) is 4.98 Å². The quantitative estimate of drug-likeness (QED) is 0.910. The predicted molar refractivity (Wildman–Crippen MR) is 74.5 cm³/mol. The summed E-state index contributed by atoms with van der Waals surface area (Å²) in [6.07, 6.45) is 3.39. The number of hydrogen-bond donors (Lipinski definition) is 1. The summed E-state index contributed by atoms with van der Waals surface area (Å²) in [4.78, 5) is 4.10. The van der Waals surface area contributed by atoms with Crippen LogP contribution in [0.2, 0.25) is 0 Å². The van der Waals surface area contributed by atoms with Gasteiger partial charge in [-0.1, -0.05) is 0 Å². The van der Waals surface area contributed by atoms with Crippen molar-refractivity contribution in [2.24, 2.45) is 0 Å². The van der Waals surface area contributed by atoms with Gasteiger partial charge in [0.05, 0.1) is 29.7 Å². The number of benzene rings is 1. The second-order valence-electron chi connectivity index (χ2n) is 4.31. The summed E-state index contributed by atoms with van der Waals surface area (Å²) in [7, 11) is 1.83. The number of aryl methyl sites for hydroxylation is 2. The summed E-state index contributed by atoms with van der Waals surface area (Å²) in [6.45, 7) is 3.86. The fraction of sp³-hybridized carbons (Fsp3) is 0.200. The lowest BCUT2D eigenvalue weighted by molar-refractivity contribution is 0.473. The molecule has 0 fully saturated rings. The Morgan fingerprint density at radius 3 is 2.42 bits per heavy atom. The lowest BCUT2D eigenvalue weighted by Gasteiger charge is -2.12. The van der Waals surface area contributed by atoms with Crippen LogP contribution in [-0.2, 0) is 0 Å². The molecule has 1 N–H and O–H groups in total. The normalized spacial score (nSPS) is 9.79. The molecule has 0 bridgehead atoms. The first-order valence-corrected chi connectivity index (χ1v) is 5.96. The maximum atomic E-state index is 8.93. The van der Waals surface area contributed by atoms with E-state index in [1.165, 1.54) is 0 Å². The van der Waals surface area contributed by atoms with E-state index in [9.17, 15) is 0 Å². The molecular weight excluding hydrogens is 238 g/mol. The molecule has 2 rings (SSSR count). The Balaban J connectivity index is 2.36. The van der Waals surface area contributed by atoms with Crippen LogP contribution in [0.1, 0.15) is 16.7 Å². The second kappa shape index (κ2) is 5.40. The van der Waals surface area contributed by atoms with Gasteiger partial charge in [-0.15, -0.1) is 0 Å². The van der Waals surface area contributed by atoms with Crippen molar-refractivity contribution in [2.45, 2.75) is 13.8 Å². The molecule has 0 saturated carbocycles. The number of hydrogen-bond acceptors (Lipinski definition) is 4. The van der Waals surface area contributed by atoms with Crippen LogP contribution in [0.25, 0.3) is 0 Å². The maximum absolute atomic E-state index is 8.93. The van der Waals surface area contributed by atoms with Gasteiger partial charge < -0.3 is 10.1 Å². The van der Waals surface area contributed by atoms with Gasteiger partial charge in [0.15, 0.2) is 0 Å². The first kappa shape index (κ1) is 12.9. The average molecular weight is 253 g/mol. The highest BCUT2D eigenvalue weighted by molar-refractivity contribution is 5.50. The first-order chi connectivity index (χ1) is 9.13. The van der Waals surface area contributed by atoms with Gasteiger partial charge in [0.2, 0.25) is 0 Å². The zero-order valence-corrected chi connectivity index (χ0v) is 11.2. The SMILES string of the molecule is CNc1cncc(Oc2c(C)cc(C#N)cc2C)c1. The molecule has 0 aliphatic carbocycles. The molecule has 0 aliphatic heterocycles. The molecule has 0 saturated heterocycles. The Kier molecular flexibility index (Phi) is 3.67. The average Bonchev–Trinajstić information content (AvgIpc) is 2.42. The first-order valence-electron chi connectivity index (χ1n) is 5.96. The number of pyridine rings is 1. The summed E-state index contributed by atoms with van der Waals surface area (Å²) < 4.78 is 5.87. The third-order valence-electron chi connectivity index (χ3n) is 2.81. The highest BCUT2D eigenvalue weighted by Gasteiger charge is 2.08. The number of nitrogens with zero attached hydrogens (tertiary/aromatic N) is 2. The number of rotatable bonds is 3. The Hall–Kier alpha value is -2.54. The van der Waals surface area contributed by atoms with Gasteiger partial charge in [-0.2, -0.15) is 5.26 Å². The smallest absolute Gasteiger partial charge is 0.147 e. The van der Waals surface area contributed by atoms with Crippen molar-refractivity contribution >= 4 is 5.69 Å². The van der Waals surface area contributed by atoms with Crippen LogP contribution in [0.4, 0.5) is 5.69 Å². The zero-order valence-electron chi connectivity index (χ0n) is 11.2. The molecule has 2 aromatic rings. The van der Waals surface area contributed by atoms with Crippen LogP contribution < -0.4 is 10.1 Å². The molecule has 0 spiro atoms. The fourth-order valence-corrected chi connectivity index (χ4v) is 1.91. The molecule has 96 valence electrons. The van der Waals surface area contributed by atoms with E-state index in [1.54, 1.807) is 12.4 Å². The highest BCUT2D eigenvalue weighted by Crippen LogP contribution is 2.30. The third-order valence-corrected chi connectivity index (χ3v) is 2.81. The third kappa shape index (κ3) is 2.83. The van der Waals surface area contributed by atoms with E-state index in [1.807, 2.05) is 39.1 Å². The van der Waals surface area contributed by atoms with Crippen molar-refractivity contribution in [3.05, 3.63) is 47.3 Å². The van der Waals surface area contributed by atoms with Crippen molar-refractivity contribution in [3.8, 4) is 17.6 Å². The summed E-state index contributed by atoms with van der Waals surface area (Å²) in [5, 5.41) is 11.9. The zero-order chi connectivity index (χ0) is 13.8. The topological polar surface area (TPSA) is 57.9 Å². The van der Waals surface area contributed by atoms with Crippen molar-refractivity contribution in [1.29, 1.82) is 5.26 Å². The predicted octanol–water partition coefficient (Wildman–Crippen LogP) is 3.40. The van der Waals surface area contributed by atoms with Gasteiger partial charge in [-0.05, 0) is 37.1 Å². The number of nitriles is 1. The molecule has 1 aromatic carbocycles. The van der Waals surface area contributed by atoms with E-state index >= 15 is 0 Å². The lowest BCUT2D eigenvalue weighted by Crippen LogP contribution is -1.95. The number of anilines is 1. The Morgan fingerprint density at radius 2 is 1.84 bits per heavy atom. The Bertz CT molecular complexity index is 621. The van der Waals surface area contributed by atoms with Crippen molar-refractivity contribution < 1.29 is 4.74 Å². The molecule has 4 nitrogen and oxygen atoms in total. The van der Waals surface area contributed by atoms with Crippen molar-refractivity contribution in [2.75, 3.05) is 12.4 Å².